The molecule has 9 unspecified atom stereocenters. The van der Waals surface area contributed by atoms with Gasteiger partial charge in [0.05, 0.1) is 57.6 Å². The Morgan fingerprint density at radius 3 is 2.35 bits per heavy atom. The van der Waals surface area contributed by atoms with Gasteiger partial charge in [-0.1, -0.05) is 58.1 Å². The summed E-state index contributed by atoms with van der Waals surface area (Å²) < 4.78 is 23.7. The van der Waals surface area contributed by atoms with Crippen LogP contribution >= 0.6 is 0 Å². The fraction of sp³-hybridized carbons (Fsp3) is 0.419. The number of para-hydroxylation sites is 2. The van der Waals surface area contributed by atoms with Crippen molar-refractivity contribution in [3.05, 3.63) is 81.8 Å². The zero-order chi connectivity index (χ0) is 41.7. The maximum absolute atomic E-state index is 14.5. The number of esters is 1. The standard InChI is InChI=1S/C43H49N3O11/c1-19-13-12-14-20(2)42(53)46-34-33-32(44-26-15-10-11-16-27(26)45-33)29-30(38(34)51)37(50)24(6)40-31(29)41(52)43(8,57-40)55-18-17-28(54-9)21(3)39(56-25(7)47)23(5)36(49)22(4)35(19)48/h10-19,21-23,28,35-36,39,45,48-49,51H,1-9H3,(H,46,53)/b13-12+,18-17-,20-14-. The first-order valence-corrected chi connectivity index (χ1v) is 18.9. The lowest BCUT2D eigenvalue weighted by molar-refractivity contribution is -0.160. The summed E-state index contributed by atoms with van der Waals surface area (Å²) in [6.45, 7) is 12.6. The third-order valence-corrected chi connectivity index (χ3v) is 11.4. The normalized spacial score (nSPS) is 30.8. The van der Waals surface area contributed by atoms with Gasteiger partial charge in [-0.2, -0.15) is 0 Å². The lowest BCUT2D eigenvalue weighted by Crippen LogP contribution is -2.46. The molecule has 3 aromatic carbocycles. The van der Waals surface area contributed by atoms with Crippen LogP contribution in [0.1, 0.15) is 64.4 Å². The number of hydrogen-bond acceptors (Lipinski definition) is 12. The Labute approximate surface area is 329 Å². The molecule has 9 atom stereocenters. The first-order chi connectivity index (χ1) is 26.9. The predicted molar refractivity (Wildman–Crippen MR) is 214 cm³/mol. The molecule has 1 amide bonds. The molecule has 14 heteroatoms. The molecule has 3 heterocycles. The summed E-state index contributed by atoms with van der Waals surface area (Å²) >= 11 is 0. The van der Waals surface area contributed by atoms with E-state index in [1.165, 1.54) is 46.3 Å². The lowest BCUT2D eigenvalue weighted by Gasteiger charge is -2.38. The van der Waals surface area contributed by atoms with Crippen LogP contribution in [0.25, 0.3) is 32.8 Å². The van der Waals surface area contributed by atoms with Gasteiger partial charge in [-0.05, 0) is 32.1 Å². The van der Waals surface area contributed by atoms with Gasteiger partial charge in [-0.3, -0.25) is 19.2 Å². The Kier molecular flexibility index (Phi) is 11.4. The van der Waals surface area contributed by atoms with Gasteiger partial charge in [0.1, 0.15) is 17.5 Å². The molecule has 4 bridgehead atoms. The van der Waals surface area contributed by atoms with E-state index in [1.807, 2.05) is 0 Å². The number of amides is 1. The summed E-state index contributed by atoms with van der Waals surface area (Å²) in [7, 11) is 1.45. The van der Waals surface area contributed by atoms with Crippen molar-refractivity contribution in [2.45, 2.75) is 85.6 Å². The number of aromatic nitrogens is 2. The Balaban J connectivity index is 1.58. The van der Waals surface area contributed by atoms with Crippen molar-refractivity contribution < 1.29 is 48.7 Å². The first kappa shape index (κ1) is 41.1. The van der Waals surface area contributed by atoms with Gasteiger partial charge in [0.25, 0.3) is 11.7 Å². The van der Waals surface area contributed by atoms with Gasteiger partial charge < -0.3 is 44.6 Å². The van der Waals surface area contributed by atoms with E-state index >= 15 is 0 Å². The minimum atomic E-state index is -1.99. The topological polar surface area (TPSA) is 207 Å². The zero-order valence-corrected chi connectivity index (χ0v) is 33.4. The van der Waals surface area contributed by atoms with Crippen molar-refractivity contribution >= 4 is 56.2 Å². The van der Waals surface area contributed by atoms with Gasteiger partial charge in [0.2, 0.25) is 0 Å². The molecule has 0 fully saturated rings. The fourth-order valence-corrected chi connectivity index (χ4v) is 7.87. The molecule has 14 nitrogen and oxygen atoms in total. The fourth-order valence-electron chi connectivity index (χ4n) is 7.87. The molecular weight excluding hydrogens is 734 g/mol. The molecule has 5 N–H and O–H groups in total. The summed E-state index contributed by atoms with van der Waals surface area (Å²) in [5.74, 6) is -6.89. The van der Waals surface area contributed by atoms with E-state index in [0.29, 0.717) is 11.0 Å². The van der Waals surface area contributed by atoms with Gasteiger partial charge in [0.15, 0.2) is 11.2 Å². The second kappa shape index (κ2) is 15.8. The van der Waals surface area contributed by atoms with Crippen molar-refractivity contribution in [2.75, 3.05) is 12.4 Å². The molecule has 4 aromatic rings. The monoisotopic (exact) mass is 783 g/mol. The third-order valence-electron chi connectivity index (χ3n) is 11.4. The Hall–Kier alpha value is -5.57. The van der Waals surface area contributed by atoms with Crippen molar-refractivity contribution in [3.8, 4) is 11.5 Å². The highest BCUT2D eigenvalue weighted by Gasteiger charge is 2.49. The number of Topliss-reactive ketones (excluding diaryl/α,β-unsaturated/α-hetero) is 1. The largest absolute Gasteiger partial charge is 0.505 e. The number of aliphatic hydroxyl groups is 2. The molecule has 0 radical (unpaired) electrons. The van der Waals surface area contributed by atoms with Gasteiger partial charge in [-0.25, -0.2) is 4.98 Å². The van der Waals surface area contributed by atoms with Crippen molar-refractivity contribution in [3.63, 3.8) is 0 Å². The van der Waals surface area contributed by atoms with Crippen LogP contribution in [-0.2, 0) is 23.8 Å². The number of ether oxygens (including phenoxy) is 4. The number of rotatable bonds is 2. The molecule has 0 saturated heterocycles. The number of nitrogens with one attached hydrogen (secondary N) is 2. The van der Waals surface area contributed by atoms with Crippen LogP contribution < -0.4 is 15.5 Å². The molecule has 6 rings (SSSR count). The second-order valence-corrected chi connectivity index (χ2v) is 15.3. The lowest BCUT2D eigenvalue weighted by atomic mass is 9.78. The average molecular weight is 784 g/mol. The highest BCUT2D eigenvalue weighted by molar-refractivity contribution is 6.27. The number of phenolic OH excluding ortho intramolecular Hbond substituents is 1. The van der Waals surface area contributed by atoms with Crippen LogP contribution in [0.3, 0.4) is 0 Å². The number of H-pyrrole nitrogens is 1. The number of allylic oxidation sites excluding steroid dienone is 2. The molecule has 1 aromatic heterocycles. The summed E-state index contributed by atoms with van der Waals surface area (Å²) in [4.78, 5) is 62.8. The van der Waals surface area contributed by atoms with Crippen molar-refractivity contribution in [1.29, 1.82) is 0 Å². The maximum Gasteiger partial charge on any atom is 0.312 e. The van der Waals surface area contributed by atoms with Gasteiger partial charge in [0, 0.05) is 61.2 Å². The number of nitrogens with zero attached hydrogens (tertiary/aromatic N) is 1. The number of aliphatic hydroxyl groups excluding tert-OH is 2. The quantitative estimate of drug-likeness (QED) is 0.0715. The zero-order valence-electron chi connectivity index (χ0n) is 33.4. The van der Waals surface area contributed by atoms with Crippen molar-refractivity contribution in [2.24, 2.45) is 23.7 Å². The number of carbonyl (C=O) groups excluding carboxylic acids is 3. The van der Waals surface area contributed by atoms with E-state index in [4.69, 9.17) is 23.9 Å². The molecule has 0 saturated carbocycles. The summed E-state index contributed by atoms with van der Waals surface area (Å²) in [5.41, 5.74) is 0.736. The Morgan fingerprint density at radius 1 is 0.965 bits per heavy atom. The van der Waals surface area contributed by atoms with E-state index in [-0.39, 0.29) is 49.9 Å². The minimum Gasteiger partial charge on any atom is -0.505 e. The number of fused-ring (bicyclic) bond motifs is 2. The highest BCUT2D eigenvalue weighted by Crippen LogP contribution is 2.47. The number of hydrogen-bond donors (Lipinski definition) is 5. The van der Waals surface area contributed by atoms with Gasteiger partial charge >= 0.3 is 11.8 Å². The number of aromatic amines is 1. The van der Waals surface area contributed by atoms with E-state index in [0.717, 1.165) is 0 Å². The Morgan fingerprint density at radius 2 is 1.67 bits per heavy atom. The number of benzene rings is 3. The van der Waals surface area contributed by atoms with Crippen LogP contribution in [0.5, 0.6) is 11.5 Å². The first-order valence-electron chi connectivity index (χ1n) is 18.9. The predicted octanol–water partition coefficient (Wildman–Crippen LogP) is 5.73. The van der Waals surface area contributed by atoms with E-state index in [2.05, 4.69) is 10.3 Å². The van der Waals surface area contributed by atoms with Crippen LogP contribution in [0.4, 0.5) is 5.69 Å². The second-order valence-electron chi connectivity index (χ2n) is 15.3. The SMILES string of the molecule is COC1/C=C\OC2(C)Oc3c(C)c(=O)c4c(O)c(c5[nH]c6ccccc6nc5c4c3C2=O)NC(=O)/C(C)=C\C=C\C(C)C(O)C(C)C(O)C(C)C(OC(C)=O)C1C. The highest BCUT2D eigenvalue weighted by atomic mass is 16.7. The summed E-state index contributed by atoms with van der Waals surface area (Å²) in [6.07, 6.45) is 3.76. The molecule has 0 spiro atoms. The average Bonchev–Trinajstić information content (AvgIpc) is 3.45. The smallest absolute Gasteiger partial charge is 0.312 e. The summed E-state index contributed by atoms with van der Waals surface area (Å²) in [6, 6.07) is 7.05. The number of methoxy groups -OCH3 is 1. The number of anilines is 1. The van der Waals surface area contributed by atoms with E-state index in [1.54, 1.807) is 71.0 Å². The van der Waals surface area contributed by atoms with Crippen LogP contribution in [0, 0.1) is 30.6 Å². The maximum atomic E-state index is 14.5. The molecule has 302 valence electrons. The van der Waals surface area contributed by atoms with Crippen LogP contribution in [0.2, 0.25) is 0 Å². The minimum absolute atomic E-state index is 0.0148. The molecular formula is C43H49N3O11. The number of phenols is 1. The van der Waals surface area contributed by atoms with Gasteiger partial charge in [-0.15, -0.1) is 0 Å². The molecule has 2 aliphatic rings. The molecule has 57 heavy (non-hydrogen) atoms. The van der Waals surface area contributed by atoms with Crippen LogP contribution in [0.15, 0.2) is 65.2 Å². The summed E-state index contributed by atoms with van der Waals surface area (Å²) in [5, 5.41) is 37.3. The number of ketones is 1. The van der Waals surface area contributed by atoms with Crippen molar-refractivity contribution in [1.82, 2.24) is 9.97 Å². The van der Waals surface area contributed by atoms with Crippen LogP contribution in [-0.4, -0.2) is 80.3 Å². The van der Waals surface area contributed by atoms with E-state index < -0.39 is 82.7 Å². The molecule has 0 aliphatic carbocycles. The molecule has 2 aliphatic heterocycles. The Bertz CT molecular complexity index is 2430. The number of aromatic hydroxyl groups is 1. The van der Waals surface area contributed by atoms with E-state index in [9.17, 15) is 34.5 Å². The number of carbonyl (C=O) groups is 3. The third kappa shape index (κ3) is 7.28.